The standard InChI is InChI=1S/C18H15BrN2O2/c19-12-5-1-4-11(10-12)17-14-7-2-6-13(14)15-8-3-9-16(21(22)23)18(15)20-17/h1-6,8-10,13-14,17,20H,7H2/t13-,14-,17+/m0/s1. The Morgan fingerprint density at radius 2 is 2.04 bits per heavy atom. The Bertz CT molecular complexity index is 818. The van der Waals surface area contributed by atoms with Gasteiger partial charge in [0.25, 0.3) is 5.69 Å². The number of nitro benzene ring substituents is 1. The molecule has 0 fully saturated rings. The van der Waals surface area contributed by atoms with Gasteiger partial charge in [0.05, 0.1) is 11.0 Å². The summed E-state index contributed by atoms with van der Waals surface area (Å²) in [5.74, 6) is 0.619. The van der Waals surface area contributed by atoms with Gasteiger partial charge in [0.15, 0.2) is 0 Å². The second kappa shape index (κ2) is 5.49. The van der Waals surface area contributed by atoms with Crippen molar-refractivity contribution in [2.24, 2.45) is 5.92 Å². The smallest absolute Gasteiger partial charge is 0.292 e. The topological polar surface area (TPSA) is 55.2 Å². The minimum atomic E-state index is -0.303. The molecule has 0 aromatic heterocycles. The lowest BCUT2D eigenvalue weighted by atomic mass is 9.77. The molecule has 0 bridgehead atoms. The molecule has 4 nitrogen and oxygen atoms in total. The summed E-state index contributed by atoms with van der Waals surface area (Å²) in [4.78, 5) is 11.1. The van der Waals surface area contributed by atoms with Crippen LogP contribution in [0.2, 0.25) is 0 Å². The van der Waals surface area contributed by atoms with E-state index in [2.05, 4.69) is 45.5 Å². The van der Waals surface area contributed by atoms with Gasteiger partial charge < -0.3 is 5.32 Å². The first-order valence-corrected chi connectivity index (χ1v) is 8.40. The van der Waals surface area contributed by atoms with Crippen molar-refractivity contribution in [3.8, 4) is 0 Å². The molecule has 4 rings (SSSR count). The SMILES string of the molecule is O=[N+]([O-])c1cccc2c1N[C@H](c1cccc(Br)c1)[C@H]1CC=C[C@H]21. The number of nitro groups is 1. The van der Waals surface area contributed by atoms with Crippen LogP contribution >= 0.6 is 15.9 Å². The van der Waals surface area contributed by atoms with Gasteiger partial charge in [-0.3, -0.25) is 10.1 Å². The van der Waals surface area contributed by atoms with Crippen molar-refractivity contribution >= 4 is 27.3 Å². The molecule has 116 valence electrons. The van der Waals surface area contributed by atoms with Crippen LogP contribution in [-0.2, 0) is 0 Å². The third-order valence-electron chi connectivity index (χ3n) is 4.78. The van der Waals surface area contributed by atoms with Crippen LogP contribution in [0, 0.1) is 16.0 Å². The maximum absolute atomic E-state index is 11.4. The molecular weight excluding hydrogens is 356 g/mol. The van der Waals surface area contributed by atoms with Gasteiger partial charge in [0, 0.05) is 16.5 Å². The van der Waals surface area contributed by atoms with Gasteiger partial charge in [-0.2, -0.15) is 0 Å². The number of nitrogens with zero attached hydrogens (tertiary/aromatic N) is 1. The normalized spacial score (nSPS) is 24.7. The third-order valence-corrected chi connectivity index (χ3v) is 5.27. The highest BCUT2D eigenvalue weighted by atomic mass is 79.9. The number of rotatable bonds is 2. The van der Waals surface area contributed by atoms with Crippen LogP contribution in [0.5, 0.6) is 0 Å². The number of benzene rings is 2. The van der Waals surface area contributed by atoms with Gasteiger partial charge in [0.2, 0.25) is 0 Å². The summed E-state index contributed by atoms with van der Waals surface area (Å²) >= 11 is 3.52. The number of allylic oxidation sites excluding steroid dienone is 2. The zero-order valence-corrected chi connectivity index (χ0v) is 13.9. The third kappa shape index (κ3) is 2.36. The number of nitrogens with one attached hydrogen (secondary N) is 1. The second-order valence-electron chi connectivity index (χ2n) is 6.03. The number of hydrogen-bond donors (Lipinski definition) is 1. The molecule has 0 unspecified atom stereocenters. The van der Waals surface area contributed by atoms with Crippen LogP contribution in [0.3, 0.4) is 0 Å². The van der Waals surface area contributed by atoms with E-state index in [4.69, 9.17) is 0 Å². The lowest BCUT2D eigenvalue weighted by molar-refractivity contribution is -0.384. The van der Waals surface area contributed by atoms with Gasteiger partial charge in [0.1, 0.15) is 5.69 Å². The van der Waals surface area contributed by atoms with Crippen LogP contribution in [0.4, 0.5) is 11.4 Å². The molecule has 0 radical (unpaired) electrons. The van der Waals surface area contributed by atoms with Gasteiger partial charge in [-0.1, -0.05) is 52.3 Å². The first kappa shape index (κ1) is 14.5. The Morgan fingerprint density at radius 3 is 2.83 bits per heavy atom. The van der Waals surface area contributed by atoms with Crippen molar-refractivity contribution in [3.63, 3.8) is 0 Å². The molecule has 2 aromatic rings. The Hall–Kier alpha value is -2.14. The molecule has 1 N–H and O–H groups in total. The lowest BCUT2D eigenvalue weighted by Gasteiger charge is -2.37. The van der Waals surface area contributed by atoms with Crippen LogP contribution in [0.1, 0.15) is 29.5 Å². The average Bonchev–Trinajstić information content (AvgIpc) is 3.03. The van der Waals surface area contributed by atoms with E-state index in [1.165, 1.54) is 0 Å². The maximum Gasteiger partial charge on any atom is 0.292 e. The fourth-order valence-corrected chi connectivity index (χ4v) is 4.20. The van der Waals surface area contributed by atoms with Crippen LogP contribution < -0.4 is 5.32 Å². The molecule has 2 aromatic carbocycles. The highest BCUT2D eigenvalue weighted by molar-refractivity contribution is 9.10. The molecule has 1 aliphatic heterocycles. The lowest BCUT2D eigenvalue weighted by Crippen LogP contribution is -2.29. The van der Waals surface area contributed by atoms with Crippen molar-refractivity contribution in [2.75, 3.05) is 5.32 Å². The number of para-hydroxylation sites is 1. The summed E-state index contributed by atoms with van der Waals surface area (Å²) in [6.45, 7) is 0. The van der Waals surface area contributed by atoms with E-state index in [1.807, 2.05) is 18.2 Å². The molecule has 0 amide bonds. The molecule has 23 heavy (non-hydrogen) atoms. The molecule has 1 aliphatic carbocycles. The maximum atomic E-state index is 11.4. The van der Waals surface area contributed by atoms with E-state index in [1.54, 1.807) is 12.1 Å². The molecule has 0 spiro atoms. The largest absolute Gasteiger partial charge is 0.372 e. The summed E-state index contributed by atoms with van der Waals surface area (Å²) in [6, 6.07) is 13.6. The molecular formula is C18H15BrN2O2. The van der Waals surface area contributed by atoms with E-state index in [0.29, 0.717) is 11.6 Å². The molecule has 2 aliphatic rings. The van der Waals surface area contributed by atoms with Gasteiger partial charge in [-0.05, 0) is 35.6 Å². The van der Waals surface area contributed by atoms with Crippen LogP contribution in [-0.4, -0.2) is 4.92 Å². The highest BCUT2D eigenvalue weighted by Gasteiger charge is 2.40. The van der Waals surface area contributed by atoms with Crippen molar-refractivity contribution in [3.05, 3.63) is 80.3 Å². The van der Waals surface area contributed by atoms with E-state index in [9.17, 15) is 10.1 Å². The summed E-state index contributed by atoms with van der Waals surface area (Å²) < 4.78 is 1.02. The summed E-state index contributed by atoms with van der Waals surface area (Å²) in [5.41, 5.74) is 3.00. The quantitative estimate of drug-likeness (QED) is 0.449. The van der Waals surface area contributed by atoms with Gasteiger partial charge in [-0.25, -0.2) is 0 Å². The number of halogens is 1. The van der Waals surface area contributed by atoms with E-state index < -0.39 is 0 Å². The van der Waals surface area contributed by atoms with Crippen molar-refractivity contribution in [2.45, 2.75) is 18.4 Å². The zero-order chi connectivity index (χ0) is 16.0. The zero-order valence-electron chi connectivity index (χ0n) is 12.3. The fourth-order valence-electron chi connectivity index (χ4n) is 3.79. The first-order valence-electron chi connectivity index (χ1n) is 7.61. The minimum Gasteiger partial charge on any atom is -0.372 e. The molecule has 5 heteroatoms. The molecule has 1 heterocycles. The number of fused-ring (bicyclic) bond motifs is 3. The van der Waals surface area contributed by atoms with E-state index in [0.717, 1.165) is 22.0 Å². The van der Waals surface area contributed by atoms with Crippen molar-refractivity contribution in [1.29, 1.82) is 0 Å². The molecule has 3 atom stereocenters. The van der Waals surface area contributed by atoms with Crippen molar-refractivity contribution in [1.82, 2.24) is 0 Å². The minimum absolute atomic E-state index is 0.0705. The Morgan fingerprint density at radius 1 is 1.22 bits per heavy atom. The van der Waals surface area contributed by atoms with Crippen molar-refractivity contribution < 1.29 is 4.92 Å². The Kier molecular flexibility index (Phi) is 3.45. The van der Waals surface area contributed by atoms with Gasteiger partial charge >= 0.3 is 0 Å². The predicted molar refractivity (Wildman–Crippen MR) is 93.6 cm³/mol. The monoisotopic (exact) mass is 370 g/mol. The summed E-state index contributed by atoms with van der Waals surface area (Å²) in [5, 5.41) is 14.9. The first-order chi connectivity index (χ1) is 11.1. The summed E-state index contributed by atoms with van der Waals surface area (Å²) in [7, 11) is 0. The van der Waals surface area contributed by atoms with E-state index >= 15 is 0 Å². The predicted octanol–water partition coefficient (Wildman–Crippen LogP) is 5.18. The number of anilines is 1. The second-order valence-corrected chi connectivity index (χ2v) is 6.94. The van der Waals surface area contributed by atoms with E-state index in [-0.39, 0.29) is 22.6 Å². The molecule has 0 saturated carbocycles. The Balaban J connectivity index is 1.85. The Labute approximate surface area is 142 Å². The fraction of sp³-hybridized carbons (Fsp3) is 0.222. The number of hydrogen-bond acceptors (Lipinski definition) is 3. The van der Waals surface area contributed by atoms with Gasteiger partial charge in [-0.15, -0.1) is 0 Å². The summed E-state index contributed by atoms with van der Waals surface area (Å²) in [6.07, 6.45) is 5.37. The van der Waals surface area contributed by atoms with Crippen LogP contribution in [0.15, 0.2) is 59.1 Å². The highest BCUT2D eigenvalue weighted by Crippen LogP contribution is 2.52. The average molecular weight is 371 g/mol. The molecule has 0 saturated heterocycles. The van der Waals surface area contributed by atoms with Crippen LogP contribution in [0.25, 0.3) is 0 Å².